The number of hydrogen-bond donors (Lipinski definition) is 2. The molecular weight excluding hydrogens is 361 g/mol. The third-order valence-corrected chi connectivity index (χ3v) is 4.25. The molecule has 144 valence electrons. The van der Waals surface area contributed by atoms with Gasteiger partial charge < -0.3 is 24.5 Å². The van der Waals surface area contributed by atoms with E-state index in [9.17, 15) is 9.82 Å². The number of ether oxygens (including phenoxy) is 2. The fourth-order valence-corrected chi connectivity index (χ4v) is 2.80. The Morgan fingerprint density at radius 1 is 1.11 bits per heavy atom. The van der Waals surface area contributed by atoms with Gasteiger partial charge in [-0.3, -0.25) is 4.79 Å². The Morgan fingerprint density at radius 3 is 2.50 bits per heavy atom. The maximum absolute atomic E-state index is 10.2. The molecule has 0 saturated heterocycles. The van der Waals surface area contributed by atoms with Gasteiger partial charge in [-0.2, -0.15) is 0 Å². The van der Waals surface area contributed by atoms with Crippen molar-refractivity contribution in [2.24, 2.45) is 0 Å². The Hall–Kier alpha value is -3.33. The minimum atomic E-state index is -1.09. The van der Waals surface area contributed by atoms with Crippen LogP contribution in [-0.2, 0) is 15.9 Å². The molecule has 0 spiro atoms. The highest BCUT2D eigenvalue weighted by atomic mass is 16.5. The molecule has 0 aliphatic carbocycles. The van der Waals surface area contributed by atoms with Crippen LogP contribution in [0.15, 0.2) is 42.7 Å². The molecule has 0 fully saturated rings. The van der Waals surface area contributed by atoms with Crippen LogP contribution in [0.2, 0.25) is 6.32 Å². The van der Waals surface area contributed by atoms with Gasteiger partial charge in [-0.05, 0) is 36.5 Å². The first-order valence-corrected chi connectivity index (χ1v) is 8.64. The van der Waals surface area contributed by atoms with Crippen LogP contribution in [0, 0.1) is 0 Å². The Labute approximate surface area is 162 Å². The molecule has 0 saturated carbocycles. The van der Waals surface area contributed by atoms with Crippen LogP contribution in [0.3, 0.4) is 0 Å². The third-order valence-electron chi connectivity index (χ3n) is 4.25. The molecule has 1 heterocycles. The third kappa shape index (κ3) is 4.50. The molecule has 0 atom stereocenters. The predicted molar refractivity (Wildman–Crippen MR) is 106 cm³/mol. The summed E-state index contributed by atoms with van der Waals surface area (Å²) >= 11 is 0. The minimum Gasteiger partial charge on any atom is -0.512 e. The fraction of sp³-hybridized carbons (Fsp3) is 0.211. The molecular formula is C19H20BN3O5. The first-order chi connectivity index (χ1) is 13.6. The monoisotopic (exact) mass is 381 g/mol. The molecule has 28 heavy (non-hydrogen) atoms. The van der Waals surface area contributed by atoms with Gasteiger partial charge in [0.2, 0.25) is 0 Å². The molecule has 9 heteroatoms. The second kappa shape index (κ2) is 9.05. The number of aromatic nitrogens is 2. The van der Waals surface area contributed by atoms with E-state index in [2.05, 4.69) is 19.9 Å². The quantitative estimate of drug-likeness (QED) is 0.431. The maximum Gasteiger partial charge on any atom is 0.524 e. The number of benzene rings is 2. The summed E-state index contributed by atoms with van der Waals surface area (Å²) in [6.45, 7) is 0.244. The van der Waals surface area contributed by atoms with Gasteiger partial charge in [0.25, 0.3) is 6.47 Å². The summed E-state index contributed by atoms with van der Waals surface area (Å²) in [5.74, 6) is 1.84. The lowest BCUT2D eigenvalue weighted by molar-refractivity contribution is -0.121. The largest absolute Gasteiger partial charge is 0.524 e. The summed E-state index contributed by atoms with van der Waals surface area (Å²) < 4.78 is 15.2. The molecule has 3 aromatic rings. The van der Waals surface area contributed by atoms with E-state index in [0.717, 1.165) is 22.2 Å². The molecule has 0 aliphatic heterocycles. The van der Waals surface area contributed by atoms with E-state index in [-0.39, 0.29) is 6.47 Å². The molecule has 0 unspecified atom stereocenters. The molecule has 2 aromatic carbocycles. The second-order valence-corrected chi connectivity index (χ2v) is 5.99. The average molecular weight is 381 g/mol. The lowest BCUT2D eigenvalue weighted by Gasteiger charge is -2.12. The van der Waals surface area contributed by atoms with Gasteiger partial charge in [-0.15, -0.1) is 0 Å². The Balaban J connectivity index is 1.78. The minimum absolute atomic E-state index is 0.244. The van der Waals surface area contributed by atoms with E-state index in [1.165, 1.54) is 6.33 Å². The number of fused-ring (bicyclic) bond motifs is 1. The van der Waals surface area contributed by atoms with Gasteiger partial charge >= 0.3 is 7.12 Å². The fourth-order valence-electron chi connectivity index (χ4n) is 2.80. The number of carbonyl (C=O) groups excluding carboxylic acids is 1. The summed E-state index contributed by atoms with van der Waals surface area (Å²) in [7, 11) is 2.07. The Bertz CT molecular complexity index is 952. The molecule has 1 aromatic heterocycles. The van der Waals surface area contributed by atoms with Crippen LogP contribution in [0.1, 0.15) is 5.56 Å². The Morgan fingerprint density at radius 2 is 1.82 bits per heavy atom. The maximum atomic E-state index is 10.2. The number of nitrogens with zero attached hydrogens (tertiary/aromatic N) is 2. The number of aryl methyl sites for hydroxylation is 1. The van der Waals surface area contributed by atoms with Gasteiger partial charge in [0.1, 0.15) is 12.1 Å². The van der Waals surface area contributed by atoms with Crippen molar-refractivity contribution in [2.45, 2.75) is 12.7 Å². The smallest absolute Gasteiger partial charge is 0.512 e. The molecule has 0 amide bonds. The molecule has 0 bridgehead atoms. The van der Waals surface area contributed by atoms with Crippen molar-refractivity contribution in [2.75, 3.05) is 19.5 Å². The van der Waals surface area contributed by atoms with Crippen LogP contribution in [-0.4, -0.2) is 42.8 Å². The first kappa shape index (κ1) is 19.4. The number of methoxy groups -OCH3 is 2. The van der Waals surface area contributed by atoms with Gasteiger partial charge in [-0.1, -0.05) is 12.1 Å². The van der Waals surface area contributed by atoms with E-state index in [0.29, 0.717) is 30.1 Å². The summed E-state index contributed by atoms with van der Waals surface area (Å²) in [6, 6.07) is 11.3. The molecule has 2 N–H and O–H groups in total. The van der Waals surface area contributed by atoms with Crippen LogP contribution in [0.4, 0.5) is 11.5 Å². The standard InChI is InChI=1S/C19H20BN3O5/c1-26-17-9-15-16(10-18(17)27-2)21-11-22-19(15)23-14-5-3-13(4-6-14)7-8-20(25)28-12-24/h3-6,9-12,25H,7-8H2,1-2H3,(H,21,22,23). The number of anilines is 2. The molecule has 0 radical (unpaired) electrons. The van der Waals surface area contributed by atoms with E-state index < -0.39 is 7.12 Å². The van der Waals surface area contributed by atoms with E-state index in [1.807, 2.05) is 30.3 Å². The number of nitrogens with one attached hydrogen (secondary N) is 1. The lowest BCUT2D eigenvalue weighted by Crippen LogP contribution is -2.17. The van der Waals surface area contributed by atoms with Crippen molar-refractivity contribution in [3.05, 3.63) is 48.3 Å². The summed E-state index contributed by atoms with van der Waals surface area (Å²) in [6.07, 6.45) is 2.41. The highest BCUT2D eigenvalue weighted by Gasteiger charge is 2.14. The number of rotatable bonds is 9. The van der Waals surface area contributed by atoms with Crippen molar-refractivity contribution < 1.29 is 23.9 Å². The van der Waals surface area contributed by atoms with Crippen molar-refractivity contribution in [1.82, 2.24) is 9.97 Å². The summed E-state index contributed by atoms with van der Waals surface area (Å²) in [4.78, 5) is 18.8. The normalized spacial score (nSPS) is 10.4. The topological polar surface area (TPSA) is 103 Å². The summed E-state index contributed by atoms with van der Waals surface area (Å²) in [5, 5.41) is 13.5. The average Bonchev–Trinajstić information content (AvgIpc) is 2.72. The zero-order valence-corrected chi connectivity index (χ0v) is 15.6. The SMILES string of the molecule is COc1cc2ncnc(Nc3ccc(CCB(O)OC=O)cc3)c2cc1OC. The van der Waals surface area contributed by atoms with Gasteiger partial charge in [0, 0.05) is 17.1 Å². The number of carbonyl (C=O) groups is 1. The van der Waals surface area contributed by atoms with Gasteiger partial charge in [-0.25, -0.2) is 9.97 Å². The van der Waals surface area contributed by atoms with Crippen LogP contribution < -0.4 is 14.8 Å². The number of hydrogen-bond acceptors (Lipinski definition) is 8. The van der Waals surface area contributed by atoms with Crippen molar-refractivity contribution in [3.63, 3.8) is 0 Å². The van der Waals surface area contributed by atoms with E-state index in [1.54, 1.807) is 20.3 Å². The van der Waals surface area contributed by atoms with Gasteiger partial charge in [0.15, 0.2) is 11.5 Å². The highest BCUT2D eigenvalue weighted by Crippen LogP contribution is 2.34. The van der Waals surface area contributed by atoms with Crippen LogP contribution >= 0.6 is 0 Å². The zero-order chi connectivity index (χ0) is 19.9. The Kier molecular flexibility index (Phi) is 6.28. The molecule has 3 rings (SSSR count). The van der Waals surface area contributed by atoms with Crippen LogP contribution in [0.5, 0.6) is 11.5 Å². The molecule has 0 aliphatic rings. The van der Waals surface area contributed by atoms with Crippen molar-refractivity contribution in [1.29, 1.82) is 0 Å². The molecule has 8 nitrogen and oxygen atoms in total. The highest BCUT2D eigenvalue weighted by molar-refractivity contribution is 6.44. The van der Waals surface area contributed by atoms with E-state index in [4.69, 9.17) is 9.47 Å². The van der Waals surface area contributed by atoms with Crippen LogP contribution in [0.25, 0.3) is 10.9 Å². The predicted octanol–water partition coefficient (Wildman–Crippen LogP) is 2.59. The van der Waals surface area contributed by atoms with Gasteiger partial charge in [0.05, 0.1) is 19.7 Å². The lowest BCUT2D eigenvalue weighted by atomic mass is 9.82. The summed E-state index contributed by atoms with van der Waals surface area (Å²) in [5.41, 5.74) is 2.59. The van der Waals surface area contributed by atoms with Crippen molar-refractivity contribution in [3.8, 4) is 11.5 Å². The van der Waals surface area contributed by atoms with Crippen molar-refractivity contribution >= 4 is 36.0 Å². The first-order valence-electron chi connectivity index (χ1n) is 8.64. The van der Waals surface area contributed by atoms with E-state index >= 15 is 0 Å². The zero-order valence-electron chi connectivity index (χ0n) is 15.6. The second-order valence-electron chi connectivity index (χ2n) is 5.99.